The van der Waals surface area contributed by atoms with E-state index in [4.69, 9.17) is 0 Å². The van der Waals surface area contributed by atoms with Crippen molar-refractivity contribution >= 4 is 35.4 Å². The summed E-state index contributed by atoms with van der Waals surface area (Å²) in [5.74, 6) is 2.21. The molecule has 4 aromatic rings. The van der Waals surface area contributed by atoms with Crippen LogP contribution >= 0.6 is 0 Å². The number of hydrogen-bond donors (Lipinski definition) is 2. The number of nitrogens with one attached hydrogen (secondary N) is 2. The maximum atomic E-state index is 4.25. The number of benzene rings is 2. The molecule has 0 bridgehead atoms. The van der Waals surface area contributed by atoms with Crippen molar-refractivity contribution in [2.75, 3.05) is 10.6 Å². The number of nitrogens with zero attached hydrogens (tertiary/aromatic N) is 6. The van der Waals surface area contributed by atoms with Crippen LogP contribution < -0.4 is 10.6 Å². The minimum Gasteiger partial charge on any atom is -0.378 e. The molecule has 2 aromatic heterocycles. The van der Waals surface area contributed by atoms with E-state index in [0.717, 1.165) is 33.6 Å². The molecule has 0 unspecified atom stereocenters. The van der Waals surface area contributed by atoms with Gasteiger partial charge in [0.15, 0.2) is 0 Å². The predicted octanol–water partition coefficient (Wildman–Crippen LogP) is 4.49. The third-order valence-corrected chi connectivity index (χ3v) is 4.77. The summed E-state index contributed by atoms with van der Waals surface area (Å²) >= 11 is 0. The second-order valence-electron chi connectivity index (χ2n) is 7.34. The molecule has 8 nitrogen and oxygen atoms in total. The summed E-state index contributed by atoms with van der Waals surface area (Å²) in [5.41, 5.74) is 6.36. The summed E-state index contributed by atoms with van der Waals surface area (Å²) in [7, 11) is 0. The van der Waals surface area contributed by atoms with Crippen LogP contribution in [0, 0.1) is 40.3 Å². The van der Waals surface area contributed by atoms with Crippen molar-refractivity contribution in [2.45, 2.75) is 27.7 Å². The third-order valence-electron chi connectivity index (χ3n) is 4.77. The summed E-state index contributed by atoms with van der Waals surface area (Å²) < 4.78 is 0. The number of rotatable bonds is 6. The fourth-order valence-electron chi connectivity index (χ4n) is 3.13. The topological polar surface area (TPSA) is 101 Å². The smallest absolute Gasteiger partial charge is 0.113 e. The Kier molecular flexibility index (Phi) is 214. The zero-order chi connectivity index (χ0) is 22.5. The Hall–Kier alpha value is 21.2. The van der Waals surface area contributed by atoms with Gasteiger partial charge in [0.2, 0.25) is 0 Å². The Labute approximate surface area is 908 Å². The molecule has 229 valence electrons. The maximum Gasteiger partial charge on any atom is 0.113 e. The summed E-state index contributed by atoms with van der Waals surface area (Å²) in [6.07, 6.45) is 9.40. The van der Waals surface area contributed by atoms with Gasteiger partial charge in [-0.1, -0.05) is 38.1 Å². The number of anilines is 4. The van der Waals surface area contributed by atoms with Crippen LogP contribution in [0.15, 0.2) is 36.4 Å². The Morgan fingerprint density at radius 3 is 0.855 bits per heavy atom. The van der Waals surface area contributed by atoms with Crippen molar-refractivity contribution in [3.05, 3.63) is 83.0 Å². The van der Waals surface area contributed by atoms with E-state index in [-0.39, 0.29) is 752 Å². The Morgan fingerprint density at radius 1 is 0.382 bits per heavy atom. The van der Waals surface area contributed by atoms with E-state index in [2.05, 4.69) is 103 Å². The molecule has 0 fully saturated rings. The molecule has 0 spiro atoms. The Bertz CT molecular complexity index is 1240. The average molecular weight is 2470 g/mol. The molecule has 0 atom stereocenters. The molecule has 4 rings (SSSR count). The normalized spacial score (nSPS) is 6.40. The van der Waals surface area contributed by atoms with Gasteiger partial charge >= 0.3 is 0 Å². The van der Waals surface area contributed by atoms with Crippen LogP contribution in [-0.4, -0.2) is 29.9 Å². The first kappa shape index (κ1) is 136. The summed E-state index contributed by atoms with van der Waals surface area (Å²) in [6, 6.07) is 12.3. The van der Waals surface area contributed by atoms with E-state index in [1.165, 1.54) is 0 Å². The van der Waals surface area contributed by atoms with E-state index >= 15 is 0 Å². The van der Waals surface area contributed by atoms with Gasteiger partial charge in [0.25, 0.3) is 0 Å². The molecule has 0 saturated heterocycles. The fourth-order valence-corrected chi connectivity index (χ4v) is 3.13. The zero-order valence-corrected chi connectivity index (χ0v) is 96.9. The monoisotopic (exact) mass is 2470 g/mol. The Morgan fingerprint density at radius 2 is 0.636 bits per heavy atom. The molecule has 0 amide bonds. The van der Waals surface area contributed by atoms with Gasteiger partial charge in [-0.15, -0.1) is 0 Å². The number of hydrogen-bond acceptors (Lipinski definition) is 8. The van der Waals surface area contributed by atoms with Crippen LogP contribution in [0.3, 0.4) is 0 Å². The zero-order valence-electron chi connectivity index (χ0n) is 31.6. The minimum absolute atomic E-state index is 0. The molecular formula is C24H22N8Y23-2. The van der Waals surface area contributed by atoms with Crippen LogP contribution in [0.4, 0.5) is 23.3 Å². The first-order valence-electron chi connectivity index (χ1n) is 10.1. The number of aryl methyl sites for hydroxylation is 4. The van der Waals surface area contributed by atoms with E-state index in [0.29, 0.717) is 23.5 Å². The predicted molar refractivity (Wildman–Crippen MR) is 125 cm³/mol. The van der Waals surface area contributed by atoms with Crippen molar-refractivity contribution in [3.8, 4) is 0 Å². The minimum atomic E-state index is 0. The largest absolute Gasteiger partial charge is 0.378 e. The quantitative estimate of drug-likeness (QED) is 0.216. The summed E-state index contributed by atoms with van der Waals surface area (Å²) in [4.78, 5) is 24.3. The molecule has 55 heavy (non-hydrogen) atoms. The van der Waals surface area contributed by atoms with Crippen molar-refractivity contribution in [1.82, 2.24) is 29.9 Å². The van der Waals surface area contributed by atoms with Crippen molar-refractivity contribution in [1.29, 1.82) is 0 Å². The van der Waals surface area contributed by atoms with Crippen LogP contribution in [0.1, 0.15) is 33.9 Å². The molecule has 31 heteroatoms. The van der Waals surface area contributed by atoms with E-state index < -0.39 is 0 Å². The van der Waals surface area contributed by atoms with E-state index in [1.807, 2.05) is 12.1 Å². The van der Waals surface area contributed by atoms with Gasteiger partial charge in [0, 0.05) is 788 Å². The van der Waals surface area contributed by atoms with Gasteiger partial charge in [-0.05, 0) is 60.4 Å². The first-order chi connectivity index (χ1) is 15.5. The van der Waals surface area contributed by atoms with Gasteiger partial charge in [0.1, 0.15) is 11.9 Å². The van der Waals surface area contributed by atoms with Crippen LogP contribution in [-0.2, 0) is 752 Å². The molecule has 0 aliphatic rings. The van der Waals surface area contributed by atoms with Crippen LogP contribution in [0.25, 0.3) is 12.2 Å². The molecule has 2 N–H and O–H groups in total. The van der Waals surface area contributed by atoms with Crippen LogP contribution in [0.2, 0.25) is 0 Å². The summed E-state index contributed by atoms with van der Waals surface area (Å²) in [6.45, 7) is 7.76. The van der Waals surface area contributed by atoms with Gasteiger partial charge < -0.3 is 40.5 Å². The third kappa shape index (κ3) is 62.6. The number of aromatic nitrogens is 6. The molecule has 0 aliphatic carbocycles. The van der Waals surface area contributed by atoms with Crippen molar-refractivity contribution in [3.63, 3.8) is 0 Å². The van der Waals surface area contributed by atoms with Crippen molar-refractivity contribution in [2.24, 2.45) is 0 Å². The maximum absolute atomic E-state index is 4.25. The van der Waals surface area contributed by atoms with Crippen LogP contribution in [0.5, 0.6) is 0 Å². The standard InChI is InChI=1S/C24H22N8.23Y/c1-15-11-21(31-23-27-13-25-17(3)29-23)9-7-19(15)5-6-20-8-10-22(12-16(20)2)32-24-28-14-26-18(4)30-24;;;;;;;;;;;;;;;;;;;;;;;/h5-12H,1-4H3,(H,25,27,29,31)(H,26,28,30,32);;;;;;;;;;;;;;;;;;;;;;;/q-2;;;;;;;;;;;;;;;;;;;;;;;. The fraction of sp³-hybridized carbons (Fsp3) is 0.167. The van der Waals surface area contributed by atoms with Gasteiger partial charge in [-0.25, -0.2) is 0 Å². The first-order valence-corrected chi connectivity index (χ1v) is 10.1. The molecular weight excluding hydrogens is 2450 g/mol. The Balaban J connectivity index is -0.0000000296. The molecule has 0 aliphatic heterocycles. The van der Waals surface area contributed by atoms with Gasteiger partial charge in [-0.3, -0.25) is 0 Å². The second-order valence-corrected chi connectivity index (χ2v) is 7.34. The molecule has 2 heterocycles. The van der Waals surface area contributed by atoms with E-state index in [1.54, 1.807) is 13.8 Å². The van der Waals surface area contributed by atoms with Gasteiger partial charge in [-0.2, -0.15) is 0 Å². The van der Waals surface area contributed by atoms with E-state index in [9.17, 15) is 0 Å². The SMILES string of the molecule is Cc1n[c-]nc(Nc2ccc(C=Cc3ccc(Nc4n[c-]nc(C)n4)cc3C)c(C)c2)n1.[Y].[Y].[Y].[Y].[Y].[Y].[Y].[Y].[Y].[Y].[Y].[Y].[Y].[Y].[Y].[Y].[Y].[Y].[Y].[Y].[Y].[Y].[Y]. The van der Waals surface area contributed by atoms with Gasteiger partial charge in [0.05, 0.1) is 0 Å². The molecule has 23 radical (unpaired) electrons. The molecule has 2 aromatic carbocycles. The summed E-state index contributed by atoms with van der Waals surface area (Å²) in [5, 5.41) is 6.37. The van der Waals surface area contributed by atoms with Crippen molar-refractivity contribution < 1.29 is 752 Å². The average Bonchev–Trinajstić information content (AvgIpc) is 2.74. The second kappa shape index (κ2) is 86.4. The molecule has 0 saturated carbocycles.